The van der Waals surface area contributed by atoms with Gasteiger partial charge in [-0.05, 0) is 36.4 Å². The van der Waals surface area contributed by atoms with Crippen LogP contribution in [0.3, 0.4) is 0 Å². The summed E-state index contributed by atoms with van der Waals surface area (Å²) in [7, 11) is 1.92. The fourth-order valence-corrected chi connectivity index (χ4v) is 5.40. The van der Waals surface area contributed by atoms with E-state index in [0.29, 0.717) is 11.6 Å². The summed E-state index contributed by atoms with van der Waals surface area (Å²) in [4.78, 5) is 26.1. The van der Waals surface area contributed by atoms with Crippen LogP contribution in [0.4, 0.5) is 5.82 Å². The first-order valence-electron chi connectivity index (χ1n) is 10.5. The zero-order valence-corrected chi connectivity index (χ0v) is 19.0. The lowest BCUT2D eigenvalue weighted by atomic mass is 10.2. The number of aryl methyl sites for hydroxylation is 1. The second kappa shape index (κ2) is 8.76. The van der Waals surface area contributed by atoms with Gasteiger partial charge in [0.25, 0.3) is 5.91 Å². The molecule has 0 unspecified atom stereocenters. The van der Waals surface area contributed by atoms with Crippen molar-refractivity contribution in [2.45, 2.75) is 32.2 Å². The maximum atomic E-state index is 12.5. The number of amides is 1. The van der Waals surface area contributed by atoms with Crippen LogP contribution in [0.2, 0.25) is 0 Å². The number of thiazole rings is 1. The molecule has 0 aliphatic carbocycles. The Morgan fingerprint density at radius 1 is 1.16 bits per heavy atom. The van der Waals surface area contributed by atoms with Gasteiger partial charge in [0.1, 0.15) is 11.5 Å². The molecule has 1 amide bonds. The number of aromatic nitrogens is 4. The van der Waals surface area contributed by atoms with E-state index >= 15 is 0 Å². The van der Waals surface area contributed by atoms with Gasteiger partial charge in [0.15, 0.2) is 10.7 Å². The first-order chi connectivity index (χ1) is 15.2. The first-order valence-corrected chi connectivity index (χ1v) is 12.2. The van der Waals surface area contributed by atoms with Crippen molar-refractivity contribution in [2.75, 3.05) is 18.0 Å². The van der Waals surface area contributed by atoms with Crippen LogP contribution in [0.25, 0.3) is 21.6 Å². The summed E-state index contributed by atoms with van der Waals surface area (Å²) in [5, 5.41) is 11.1. The Morgan fingerprint density at radius 3 is 2.77 bits per heavy atom. The van der Waals surface area contributed by atoms with E-state index in [9.17, 15) is 4.79 Å². The monoisotopic (exact) mass is 452 g/mol. The lowest BCUT2D eigenvalue weighted by Crippen LogP contribution is -2.24. The van der Waals surface area contributed by atoms with Crippen molar-refractivity contribution in [1.29, 1.82) is 0 Å². The van der Waals surface area contributed by atoms with Gasteiger partial charge >= 0.3 is 0 Å². The molecule has 9 heteroatoms. The number of pyridine rings is 1. The van der Waals surface area contributed by atoms with Gasteiger partial charge in [-0.25, -0.2) is 14.6 Å². The number of hydrogen-bond acceptors (Lipinski definition) is 7. The number of nitrogens with zero attached hydrogens (tertiary/aromatic N) is 5. The Morgan fingerprint density at radius 2 is 2.00 bits per heavy atom. The van der Waals surface area contributed by atoms with Crippen molar-refractivity contribution in [3.05, 3.63) is 45.7 Å². The van der Waals surface area contributed by atoms with Gasteiger partial charge < -0.3 is 10.2 Å². The van der Waals surface area contributed by atoms with Crippen molar-refractivity contribution in [3.8, 4) is 10.6 Å². The number of nitrogens with one attached hydrogen (secondary N) is 1. The van der Waals surface area contributed by atoms with Gasteiger partial charge in [-0.1, -0.05) is 18.9 Å². The number of carbonyl (C=O) groups is 1. The summed E-state index contributed by atoms with van der Waals surface area (Å²) in [5.74, 6) is 0.855. The van der Waals surface area contributed by atoms with E-state index in [1.54, 1.807) is 17.5 Å². The fourth-order valence-electron chi connectivity index (χ4n) is 3.92. The standard InChI is InChI=1S/C22H24N6OS2/c1-27-20-16(8-9-18(25-20)28-10-4-2-3-5-11-28)19(26-27)17-14-24-22(31-17)21(29)23-13-15-7-6-12-30-15/h6-9,12,14H,2-5,10-11,13H2,1H3,(H,23,29). The van der Waals surface area contributed by atoms with Crippen LogP contribution in [-0.2, 0) is 13.6 Å². The van der Waals surface area contributed by atoms with Crippen molar-refractivity contribution in [3.63, 3.8) is 0 Å². The van der Waals surface area contributed by atoms with E-state index < -0.39 is 0 Å². The summed E-state index contributed by atoms with van der Waals surface area (Å²) in [5.41, 5.74) is 1.68. The number of hydrogen-bond donors (Lipinski definition) is 1. The molecule has 1 fully saturated rings. The summed E-state index contributed by atoms with van der Waals surface area (Å²) >= 11 is 2.98. The van der Waals surface area contributed by atoms with E-state index in [0.717, 1.165) is 45.4 Å². The van der Waals surface area contributed by atoms with Crippen LogP contribution in [-0.4, -0.2) is 38.7 Å². The van der Waals surface area contributed by atoms with Crippen LogP contribution in [0.15, 0.2) is 35.8 Å². The van der Waals surface area contributed by atoms with Gasteiger partial charge in [-0.15, -0.1) is 22.7 Å². The molecule has 0 spiro atoms. The summed E-state index contributed by atoms with van der Waals surface area (Å²) < 4.78 is 1.82. The second-order valence-electron chi connectivity index (χ2n) is 7.71. The molecule has 0 saturated carbocycles. The number of thiophene rings is 1. The van der Waals surface area contributed by atoms with Crippen LogP contribution in [0.1, 0.15) is 40.4 Å². The molecule has 7 nitrogen and oxygen atoms in total. The Kier molecular flexibility index (Phi) is 5.69. The Balaban J connectivity index is 1.38. The Bertz CT molecular complexity index is 1190. The van der Waals surface area contributed by atoms with Gasteiger partial charge in [0.05, 0.1) is 11.4 Å². The molecule has 0 radical (unpaired) electrons. The maximum absolute atomic E-state index is 12.5. The first kappa shape index (κ1) is 20.1. The molecule has 31 heavy (non-hydrogen) atoms. The molecular formula is C22H24N6OS2. The van der Waals surface area contributed by atoms with E-state index in [2.05, 4.69) is 27.3 Å². The number of fused-ring (bicyclic) bond motifs is 1. The number of rotatable bonds is 5. The molecule has 1 aliphatic heterocycles. The van der Waals surface area contributed by atoms with Gasteiger partial charge in [0.2, 0.25) is 0 Å². The van der Waals surface area contributed by atoms with Crippen LogP contribution in [0, 0.1) is 0 Å². The van der Waals surface area contributed by atoms with Crippen LogP contribution >= 0.6 is 22.7 Å². The number of carbonyl (C=O) groups excluding carboxylic acids is 1. The molecule has 160 valence electrons. The van der Waals surface area contributed by atoms with Gasteiger partial charge in [0, 0.05) is 36.6 Å². The molecule has 1 saturated heterocycles. The highest BCUT2D eigenvalue weighted by molar-refractivity contribution is 7.17. The zero-order chi connectivity index (χ0) is 21.2. The van der Waals surface area contributed by atoms with E-state index in [1.807, 2.05) is 29.2 Å². The van der Waals surface area contributed by atoms with Crippen molar-refractivity contribution < 1.29 is 4.79 Å². The van der Waals surface area contributed by atoms with Crippen molar-refractivity contribution in [2.24, 2.45) is 7.05 Å². The molecular weight excluding hydrogens is 428 g/mol. The molecule has 0 bridgehead atoms. The van der Waals surface area contributed by atoms with Gasteiger partial charge in [-0.3, -0.25) is 4.79 Å². The predicted molar refractivity (Wildman–Crippen MR) is 126 cm³/mol. The minimum Gasteiger partial charge on any atom is -0.357 e. The molecule has 0 atom stereocenters. The molecule has 5 heterocycles. The smallest absolute Gasteiger partial charge is 0.280 e. The van der Waals surface area contributed by atoms with E-state index in [4.69, 9.17) is 10.1 Å². The highest BCUT2D eigenvalue weighted by Crippen LogP contribution is 2.32. The molecule has 0 aromatic carbocycles. The Hall–Kier alpha value is -2.78. The highest BCUT2D eigenvalue weighted by atomic mass is 32.1. The molecule has 4 aromatic rings. The van der Waals surface area contributed by atoms with Gasteiger partial charge in [-0.2, -0.15) is 5.10 Å². The molecule has 5 rings (SSSR count). The number of anilines is 1. The van der Waals surface area contributed by atoms with E-state index in [-0.39, 0.29) is 5.91 Å². The quantitative estimate of drug-likeness (QED) is 0.484. The normalized spacial score (nSPS) is 14.7. The third kappa shape index (κ3) is 4.20. The summed E-state index contributed by atoms with van der Waals surface area (Å²) in [6, 6.07) is 8.17. The predicted octanol–water partition coefficient (Wildman–Crippen LogP) is 4.46. The molecule has 1 N–H and O–H groups in total. The van der Waals surface area contributed by atoms with Crippen molar-refractivity contribution >= 4 is 45.4 Å². The largest absolute Gasteiger partial charge is 0.357 e. The molecule has 4 aromatic heterocycles. The zero-order valence-electron chi connectivity index (χ0n) is 17.4. The molecule has 1 aliphatic rings. The minimum absolute atomic E-state index is 0.161. The van der Waals surface area contributed by atoms with Crippen LogP contribution in [0.5, 0.6) is 0 Å². The maximum Gasteiger partial charge on any atom is 0.280 e. The second-order valence-corrected chi connectivity index (χ2v) is 9.77. The average molecular weight is 453 g/mol. The lowest BCUT2D eigenvalue weighted by Gasteiger charge is -2.21. The third-order valence-corrected chi connectivity index (χ3v) is 7.42. The lowest BCUT2D eigenvalue weighted by molar-refractivity contribution is 0.0951. The minimum atomic E-state index is -0.161. The summed E-state index contributed by atoms with van der Waals surface area (Å²) in [6.07, 6.45) is 6.75. The van der Waals surface area contributed by atoms with Crippen LogP contribution < -0.4 is 10.2 Å². The Labute approximate surface area is 188 Å². The third-order valence-electron chi connectivity index (χ3n) is 5.54. The fraction of sp³-hybridized carbons (Fsp3) is 0.364. The highest BCUT2D eigenvalue weighted by Gasteiger charge is 2.19. The summed E-state index contributed by atoms with van der Waals surface area (Å²) in [6.45, 7) is 2.63. The topological polar surface area (TPSA) is 75.9 Å². The average Bonchev–Trinajstić information content (AvgIpc) is 3.49. The van der Waals surface area contributed by atoms with E-state index in [1.165, 1.54) is 37.0 Å². The van der Waals surface area contributed by atoms with Crippen molar-refractivity contribution in [1.82, 2.24) is 25.1 Å². The SMILES string of the molecule is Cn1nc(-c2cnc(C(=O)NCc3cccs3)s2)c2ccc(N3CCCCCC3)nc21.